The van der Waals surface area contributed by atoms with E-state index in [-0.39, 0.29) is 6.04 Å². The zero-order valence-electron chi connectivity index (χ0n) is 11.8. The van der Waals surface area contributed by atoms with Gasteiger partial charge >= 0.3 is 0 Å². The Morgan fingerprint density at radius 1 is 1.29 bits per heavy atom. The summed E-state index contributed by atoms with van der Waals surface area (Å²) in [5.74, 6) is 1.05. The summed E-state index contributed by atoms with van der Waals surface area (Å²) in [6.07, 6.45) is 1.89. The lowest BCUT2D eigenvalue weighted by Gasteiger charge is -2.20. The molecule has 0 saturated heterocycles. The van der Waals surface area contributed by atoms with E-state index >= 15 is 0 Å². The van der Waals surface area contributed by atoms with Crippen LogP contribution in [0.4, 0.5) is 0 Å². The van der Waals surface area contributed by atoms with Gasteiger partial charge in [-0.15, -0.1) is 0 Å². The summed E-state index contributed by atoms with van der Waals surface area (Å²) in [4.78, 5) is 0. The average molecular weight is 367 g/mol. The predicted octanol–water partition coefficient (Wildman–Crippen LogP) is 4.54. The third-order valence-electron chi connectivity index (χ3n) is 3.85. The molecule has 110 valence electrons. The van der Waals surface area contributed by atoms with Crippen LogP contribution in [0.15, 0.2) is 40.9 Å². The maximum absolute atomic E-state index is 5.95. The van der Waals surface area contributed by atoms with Crippen LogP contribution in [-0.4, -0.2) is 13.7 Å². The summed E-state index contributed by atoms with van der Waals surface area (Å²) >= 11 is 9.56. The largest absolute Gasteiger partial charge is 0.493 e. The van der Waals surface area contributed by atoms with Gasteiger partial charge in [-0.25, -0.2) is 0 Å². The second-order valence-corrected chi connectivity index (χ2v) is 6.61. The van der Waals surface area contributed by atoms with E-state index < -0.39 is 0 Å². The van der Waals surface area contributed by atoms with Crippen molar-refractivity contribution in [2.75, 3.05) is 13.7 Å². The summed E-state index contributed by atoms with van der Waals surface area (Å²) < 4.78 is 6.95. The van der Waals surface area contributed by atoms with Crippen LogP contribution in [0.1, 0.15) is 22.7 Å². The van der Waals surface area contributed by atoms with E-state index in [1.807, 2.05) is 19.2 Å². The van der Waals surface area contributed by atoms with Crippen LogP contribution in [0.2, 0.25) is 5.02 Å². The zero-order valence-corrected chi connectivity index (χ0v) is 14.2. The number of halogens is 2. The molecule has 1 unspecified atom stereocenters. The van der Waals surface area contributed by atoms with Crippen molar-refractivity contribution in [3.05, 3.63) is 62.6 Å². The minimum Gasteiger partial charge on any atom is -0.493 e. The minimum absolute atomic E-state index is 0.218. The van der Waals surface area contributed by atoms with Crippen molar-refractivity contribution in [3.63, 3.8) is 0 Å². The highest BCUT2D eigenvalue weighted by atomic mass is 79.9. The van der Waals surface area contributed by atoms with Gasteiger partial charge in [0.25, 0.3) is 0 Å². The van der Waals surface area contributed by atoms with Crippen molar-refractivity contribution in [1.82, 2.24) is 5.32 Å². The Morgan fingerprint density at radius 2 is 2.05 bits per heavy atom. The molecule has 0 bridgehead atoms. The lowest BCUT2D eigenvalue weighted by atomic mass is 9.96. The lowest BCUT2D eigenvalue weighted by Crippen LogP contribution is -2.19. The predicted molar refractivity (Wildman–Crippen MR) is 90.3 cm³/mol. The highest BCUT2D eigenvalue weighted by molar-refractivity contribution is 9.10. The Balaban J connectivity index is 1.91. The first kappa shape index (κ1) is 14.9. The SMILES string of the molecule is CNC(Cc1ccc(Cl)cc1)c1cc(Br)cc2c1OCC2. The van der Waals surface area contributed by atoms with E-state index in [4.69, 9.17) is 16.3 Å². The molecule has 1 aliphatic heterocycles. The first-order chi connectivity index (χ1) is 10.2. The molecule has 4 heteroatoms. The van der Waals surface area contributed by atoms with Gasteiger partial charge in [0.15, 0.2) is 0 Å². The summed E-state index contributed by atoms with van der Waals surface area (Å²) in [6.45, 7) is 0.774. The van der Waals surface area contributed by atoms with Gasteiger partial charge in [-0.2, -0.15) is 0 Å². The number of fused-ring (bicyclic) bond motifs is 1. The normalized spacial score (nSPS) is 14.6. The minimum atomic E-state index is 0.218. The smallest absolute Gasteiger partial charge is 0.127 e. The third kappa shape index (κ3) is 3.25. The molecular formula is C17H17BrClNO. The second kappa shape index (κ2) is 6.39. The lowest BCUT2D eigenvalue weighted by molar-refractivity contribution is 0.349. The van der Waals surface area contributed by atoms with Gasteiger partial charge in [-0.05, 0) is 48.9 Å². The van der Waals surface area contributed by atoms with Crippen LogP contribution in [0, 0.1) is 0 Å². The summed E-state index contributed by atoms with van der Waals surface area (Å²) in [7, 11) is 1.99. The van der Waals surface area contributed by atoms with Crippen LogP contribution < -0.4 is 10.1 Å². The van der Waals surface area contributed by atoms with E-state index in [0.29, 0.717) is 0 Å². The fourth-order valence-electron chi connectivity index (χ4n) is 2.78. The maximum Gasteiger partial charge on any atom is 0.127 e. The molecule has 0 aliphatic carbocycles. The second-order valence-electron chi connectivity index (χ2n) is 5.25. The number of likely N-dealkylation sites (N-methyl/N-ethyl adjacent to an activating group) is 1. The number of benzene rings is 2. The first-order valence-corrected chi connectivity index (χ1v) is 8.21. The molecule has 0 fully saturated rings. The van der Waals surface area contributed by atoms with Gasteiger partial charge < -0.3 is 10.1 Å². The standard InChI is InChI=1S/C17H17BrClNO/c1-20-16(8-11-2-4-14(19)5-3-11)15-10-13(18)9-12-6-7-21-17(12)15/h2-5,9-10,16,20H,6-8H2,1H3. The number of nitrogens with one attached hydrogen (secondary N) is 1. The van der Waals surface area contributed by atoms with Gasteiger partial charge in [0.05, 0.1) is 6.61 Å². The van der Waals surface area contributed by atoms with E-state index in [0.717, 1.165) is 34.7 Å². The quantitative estimate of drug-likeness (QED) is 0.857. The molecule has 2 aromatic rings. The maximum atomic E-state index is 5.95. The number of hydrogen-bond donors (Lipinski definition) is 1. The van der Waals surface area contributed by atoms with Crippen LogP contribution >= 0.6 is 27.5 Å². The molecule has 2 nitrogen and oxygen atoms in total. The van der Waals surface area contributed by atoms with Gasteiger partial charge in [0.2, 0.25) is 0 Å². The van der Waals surface area contributed by atoms with Gasteiger partial charge in [0.1, 0.15) is 5.75 Å². The average Bonchev–Trinajstić information content (AvgIpc) is 2.94. The number of hydrogen-bond acceptors (Lipinski definition) is 2. The van der Waals surface area contributed by atoms with E-state index in [1.54, 1.807) is 0 Å². The molecule has 21 heavy (non-hydrogen) atoms. The molecule has 0 amide bonds. The van der Waals surface area contributed by atoms with Crippen molar-refractivity contribution in [1.29, 1.82) is 0 Å². The monoisotopic (exact) mass is 365 g/mol. The van der Waals surface area contributed by atoms with Crippen LogP contribution in [-0.2, 0) is 12.8 Å². The van der Waals surface area contributed by atoms with E-state index in [1.165, 1.54) is 16.7 Å². The zero-order chi connectivity index (χ0) is 14.8. The molecule has 0 radical (unpaired) electrons. The number of rotatable bonds is 4. The molecule has 1 heterocycles. The Kier molecular flexibility index (Phi) is 4.53. The molecule has 0 saturated carbocycles. The Bertz CT molecular complexity index is 642. The Labute approximate surface area is 138 Å². The fourth-order valence-corrected chi connectivity index (χ4v) is 3.43. The van der Waals surface area contributed by atoms with Crippen molar-refractivity contribution in [3.8, 4) is 5.75 Å². The third-order valence-corrected chi connectivity index (χ3v) is 4.56. The molecule has 3 rings (SSSR count). The Morgan fingerprint density at radius 3 is 2.76 bits per heavy atom. The topological polar surface area (TPSA) is 21.3 Å². The molecule has 1 aliphatic rings. The van der Waals surface area contributed by atoms with Gasteiger partial charge in [0, 0.05) is 27.5 Å². The van der Waals surface area contributed by atoms with E-state index in [9.17, 15) is 0 Å². The van der Waals surface area contributed by atoms with Crippen LogP contribution in [0.25, 0.3) is 0 Å². The molecule has 2 aromatic carbocycles. The highest BCUT2D eigenvalue weighted by Gasteiger charge is 2.22. The fraction of sp³-hybridized carbons (Fsp3) is 0.294. The van der Waals surface area contributed by atoms with Gasteiger partial charge in [-0.1, -0.05) is 39.7 Å². The summed E-state index contributed by atoms with van der Waals surface area (Å²) in [6, 6.07) is 12.5. The molecule has 1 atom stereocenters. The molecule has 0 spiro atoms. The number of ether oxygens (including phenoxy) is 1. The Hall–Kier alpha value is -1.03. The molecular weight excluding hydrogens is 350 g/mol. The summed E-state index contributed by atoms with van der Waals surface area (Å²) in [5.41, 5.74) is 3.76. The molecule has 1 N–H and O–H groups in total. The van der Waals surface area contributed by atoms with Crippen molar-refractivity contribution in [2.24, 2.45) is 0 Å². The molecule has 0 aromatic heterocycles. The van der Waals surface area contributed by atoms with Crippen molar-refractivity contribution in [2.45, 2.75) is 18.9 Å². The van der Waals surface area contributed by atoms with Crippen molar-refractivity contribution < 1.29 is 4.74 Å². The van der Waals surface area contributed by atoms with Crippen LogP contribution in [0.5, 0.6) is 5.75 Å². The van der Waals surface area contributed by atoms with Crippen molar-refractivity contribution >= 4 is 27.5 Å². The van der Waals surface area contributed by atoms with Gasteiger partial charge in [-0.3, -0.25) is 0 Å². The summed E-state index contributed by atoms with van der Waals surface area (Å²) in [5, 5.41) is 4.17. The van der Waals surface area contributed by atoms with Crippen LogP contribution in [0.3, 0.4) is 0 Å². The first-order valence-electron chi connectivity index (χ1n) is 7.04. The van der Waals surface area contributed by atoms with E-state index in [2.05, 4.69) is 45.5 Å². The highest BCUT2D eigenvalue weighted by Crippen LogP contribution is 2.37.